The Labute approximate surface area is 147 Å². The van der Waals surface area contributed by atoms with Crippen LogP contribution in [0.5, 0.6) is 0 Å². The van der Waals surface area contributed by atoms with Crippen LogP contribution in [-0.4, -0.2) is 41.5 Å². The second-order valence-electron chi connectivity index (χ2n) is 6.41. The van der Waals surface area contributed by atoms with Gasteiger partial charge in [0, 0.05) is 32.0 Å². The van der Waals surface area contributed by atoms with Crippen LogP contribution in [0.4, 0.5) is 5.69 Å². The minimum absolute atomic E-state index is 0.251. The maximum Gasteiger partial charge on any atom is 0.273 e. The van der Waals surface area contributed by atoms with Crippen LogP contribution in [0.3, 0.4) is 0 Å². The van der Waals surface area contributed by atoms with Gasteiger partial charge in [-0.3, -0.25) is 9.48 Å². The summed E-state index contributed by atoms with van der Waals surface area (Å²) >= 11 is 0. The van der Waals surface area contributed by atoms with Crippen molar-refractivity contribution in [3.05, 3.63) is 42.2 Å². The Kier molecular flexibility index (Phi) is 4.91. The zero-order valence-electron chi connectivity index (χ0n) is 14.3. The monoisotopic (exact) mass is 362 g/mol. The van der Waals surface area contributed by atoms with Crippen LogP contribution in [-0.2, 0) is 17.1 Å². The highest BCUT2D eigenvalue weighted by Gasteiger charge is 2.27. The fraction of sp³-hybridized carbons (Fsp3) is 0.412. The SMILES string of the molecule is CC1CCN(S(=O)(=O)c2ccc(NC(=O)c3ccnn3C)cc2)CC1. The van der Waals surface area contributed by atoms with E-state index >= 15 is 0 Å². The Morgan fingerprint density at radius 2 is 1.80 bits per heavy atom. The molecule has 1 fully saturated rings. The van der Waals surface area contributed by atoms with Crippen LogP contribution >= 0.6 is 0 Å². The normalized spacial score (nSPS) is 16.7. The number of anilines is 1. The first kappa shape index (κ1) is 17.6. The number of sulfonamides is 1. The minimum Gasteiger partial charge on any atom is -0.321 e. The summed E-state index contributed by atoms with van der Waals surface area (Å²) in [7, 11) is -1.79. The van der Waals surface area contributed by atoms with Crippen LogP contribution in [0.25, 0.3) is 0 Å². The number of carbonyl (C=O) groups excluding carboxylic acids is 1. The fourth-order valence-electron chi connectivity index (χ4n) is 2.88. The number of aromatic nitrogens is 2. The number of hydrogen-bond acceptors (Lipinski definition) is 4. The first-order chi connectivity index (χ1) is 11.9. The molecule has 1 aliphatic rings. The molecule has 2 aromatic rings. The molecule has 8 heteroatoms. The number of carbonyl (C=O) groups is 1. The molecule has 0 unspecified atom stereocenters. The van der Waals surface area contributed by atoms with Gasteiger partial charge in [0.15, 0.2) is 0 Å². The van der Waals surface area contributed by atoms with Crippen molar-refractivity contribution in [1.82, 2.24) is 14.1 Å². The summed E-state index contributed by atoms with van der Waals surface area (Å²) in [5.41, 5.74) is 0.969. The molecule has 134 valence electrons. The lowest BCUT2D eigenvalue weighted by Gasteiger charge is -2.29. The molecule has 1 saturated heterocycles. The molecule has 0 atom stereocenters. The largest absolute Gasteiger partial charge is 0.321 e. The number of nitrogens with one attached hydrogen (secondary N) is 1. The molecule has 7 nitrogen and oxygen atoms in total. The van der Waals surface area contributed by atoms with Gasteiger partial charge < -0.3 is 5.32 Å². The van der Waals surface area contributed by atoms with Crippen molar-refractivity contribution in [3.63, 3.8) is 0 Å². The number of rotatable bonds is 4. The summed E-state index contributed by atoms with van der Waals surface area (Å²) in [6.07, 6.45) is 3.32. The molecule has 1 aromatic carbocycles. The Hall–Kier alpha value is -2.19. The van der Waals surface area contributed by atoms with Gasteiger partial charge in [-0.25, -0.2) is 8.42 Å². The van der Waals surface area contributed by atoms with E-state index in [0.29, 0.717) is 30.4 Å². The highest BCUT2D eigenvalue weighted by atomic mass is 32.2. The highest BCUT2D eigenvalue weighted by molar-refractivity contribution is 7.89. The van der Waals surface area contributed by atoms with E-state index in [1.54, 1.807) is 31.4 Å². The Bertz CT molecular complexity index is 850. The van der Waals surface area contributed by atoms with Crippen LogP contribution in [0, 0.1) is 5.92 Å². The zero-order valence-corrected chi connectivity index (χ0v) is 15.2. The second-order valence-corrected chi connectivity index (χ2v) is 8.34. The molecule has 2 heterocycles. The van der Waals surface area contributed by atoms with E-state index in [2.05, 4.69) is 17.3 Å². The standard InChI is InChI=1S/C17H22N4O3S/c1-13-8-11-21(12-9-13)25(23,24)15-5-3-14(4-6-15)19-17(22)16-7-10-18-20(16)2/h3-7,10,13H,8-9,11-12H2,1-2H3,(H,19,22). The smallest absolute Gasteiger partial charge is 0.273 e. The lowest BCUT2D eigenvalue weighted by molar-refractivity contribution is 0.101. The van der Waals surface area contributed by atoms with Crippen molar-refractivity contribution in [2.75, 3.05) is 18.4 Å². The average molecular weight is 362 g/mol. The zero-order chi connectivity index (χ0) is 18.0. The Balaban J connectivity index is 1.71. The minimum atomic E-state index is -3.47. The molecule has 0 radical (unpaired) electrons. The summed E-state index contributed by atoms with van der Waals surface area (Å²) in [4.78, 5) is 12.4. The number of aryl methyl sites for hydroxylation is 1. The van der Waals surface area contributed by atoms with Gasteiger partial charge >= 0.3 is 0 Å². The summed E-state index contributed by atoms with van der Waals surface area (Å²) in [6.45, 7) is 3.26. The summed E-state index contributed by atoms with van der Waals surface area (Å²) < 4.78 is 28.4. The molecule has 0 spiro atoms. The van der Waals surface area contributed by atoms with Crippen LogP contribution in [0.2, 0.25) is 0 Å². The summed E-state index contributed by atoms with van der Waals surface area (Å²) in [6, 6.07) is 7.89. The number of piperidine rings is 1. The molecule has 25 heavy (non-hydrogen) atoms. The molecular formula is C17H22N4O3S. The van der Waals surface area contributed by atoms with Gasteiger partial charge in [0.05, 0.1) is 4.90 Å². The van der Waals surface area contributed by atoms with E-state index in [0.717, 1.165) is 12.8 Å². The number of nitrogens with zero attached hydrogens (tertiary/aromatic N) is 3. The summed E-state index contributed by atoms with van der Waals surface area (Å²) in [5, 5.41) is 6.69. The molecular weight excluding hydrogens is 340 g/mol. The Morgan fingerprint density at radius 1 is 1.16 bits per heavy atom. The average Bonchev–Trinajstić information content (AvgIpc) is 3.02. The van der Waals surface area contributed by atoms with Gasteiger partial charge in [0.2, 0.25) is 10.0 Å². The van der Waals surface area contributed by atoms with Crippen molar-refractivity contribution in [2.24, 2.45) is 13.0 Å². The fourth-order valence-corrected chi connectivity index (χ4v) is 4.35. The van der Waals surface area contributed by atoms with Gasteiger partial charge in [-0.2, -0.15) is 9.40 Å². The predicted octanol–water partition coefficient (Wildman–Crippen LogP) is 2.09. The van der Waals surface area contributed by atoms with E-state index < -0.39 is 10.0 Å². The van der Waals surface area contributed by atoms with E-state index in [-0.39, 0.29) is 10.8 Å². The highest BCUT2D eigenvalue weighted by Crippen LogP contribution is 2.24. The van der Waals surface area contributed by atoms with Crippen LogP contribution in [0.15, 0.2) is 41.4 Å². The van der Waals surface area contributed by atoms with E-state index in [1.165, 1.54) is 21.1 Å². The molecule has 1 amide bonds. The maximum absolute atomic E-state index is 12.7. The number of amides is 1. The van der Waals surface area contributed by atoms with Crippen LogP contribution < -0.4 is 5.32 Å². The number of hydrogen-bond donors (Lipinski definition) is 1. The van der Waals surface area contributed by atoms with Crippen molar-refractivity contribution in [3.8, 4) is 0 Å². The summed E-state index contributed by atoms with van der Waals surface area (Å²) in [5.74, 6) is 0.275. The molecule has 0 saturated carbocycles. The van der Waals surface area contributed by atoms with Crippen molar-refractivity contribution >= 4 is 21.6 Å². The van der Waals surface area contributed by atoms with Gasteiger partial charge in [-0.05, 0) is 49.1 Å². The van der Waals surface area contributed by atoms with Gasteiger partial charge in [0.1, 0.15) is 5.69 Å². The lowest BCUT2D eigenvalue weighted by atomic mass is 10.0. The topological polar surface area (TPSA) is 84.3 Å². The van der Waals surface area contributed by atoms with Gasteiger partial charge in [-0.1, -0.05) is 6.92 Å². The quantitative estimate of drug-likeness (QED) is 0.903. The molecule has 3 rings (SSSR count). The second kappa shape index (κ2) is 6.97. The van der Waals surface area contributed by atoms with Crippen LogP contribution in [0.1, 0.15) is 30.3 Å². The van der Waals surface area contributed by atoms with Crippen molar-refractivity contribution in [1.29, 1.82) is 0 Å². The Morgan fingerprint density at radius 3 is 2.36 bits per heavy atom. The first-order valence-corrected chi connectivity index (χ1v) is 9.71. The van der Waals surface area contributed by atoms with E-state index in [9.17, 15) is 13.2 Å². The number of benzene rings is 1. The lowest BCUT2D eigenvalue weighted by Crippen LogP contribution is -2.37. The van der Waals surface area contributed by atoms with E-state index in [1.807, 2.05) is 0 Å². The molecule has 1 aliphatic heterocycles. The van der Waals surface area contributed by atoms with Gasteiger partial charge in [0.25, 0.3) is 5.91 Å². The third-order valence-corrected chi connectivity index (χ3v) is 6.46. The molecule has 0 aliphatic carbocycles. The predicted molar refractivity (Wildman–Crippen MR) is 94.8 cm³/mol. The van der Waals surface area contributed by atoms with Crippen molar-refractivity contribution < 1.29 is 13.2 Å². The molecule has 1 aromatic heterocycles. The molecule has 1 N–H and O–H groups in total. The third kappa shape index (κ3) is 3.74. The molecule has 0 bridgehead atoms. The van der Waals surface area contributed by atoms with Gasteiger partial charge in [-0.15, -0.1) is 0 Å². The van der Waals surface area contributed by atoms with E-state index in [4.69, 9.17) is 0 Å². The van der Waals surface area contributed by atoms with Crippen molar-refractivity contribution in [2.45, 2.75) is 24.7 Å². The third-order valence-electron chi connectivity index (χ3n) is 4.55. The maximum atomic E-state index is 12.7. The first-order valence-electron chi connectivity index (χ1n) is 8.27.